The van der Waals surface area contributed by atoms with Gasteiger partial charge in [-0.2, -0.15) is 0 Å². The molecule has 1 aliphatic carbocycles. The Hall–Kier alpha value is -0.0800. The van der Waals surface area contributed by atoms with E-state index in [2.05, 4.69) is 45.0 Å². The highest BCUT2D eigenvalue weighted by Crippen LogP contribution is 2.38. The van der Waals surface area contributed by atoms with Gasteiger partial charge in [0.25, 0.3) is 0 Å². The lowest BCUT2D eigenvalue weighted by Gasteiger charge is -2.42. The van der Waals surface area contributed by atoms with Crippen LogP contribution in [0.3, 0.4) is 0 Å². The summed E-state index contributed by atoms with van der Waals surface area (Å²) < 4.78 is 0. The van der Waals surface area contributed by atoms with Gasteiger partial charge >= 0.3 is 0 Å². The smallest absolute Gasteiger partial charge is 0.0108 e. The molecule has 0 aromatic carbocycles. The summed E-state index contributed by atoms with van der Waals surface area (Å²) in [4.78, 5) is 2.46. The van der Waals surface area contributed by atoms with Crippen molar-refractivity contribution < 1.29 is 0 Å². The van der Waals surface area contributed by atoms with E-state index in [1.165, 1.54) is 38.8 Å². The highest BCUT2D eigenvalue weighted by atomic mass is 15.1. The summed E-state index contributed by atoms with van der Waals surface area (Å²) in [5, 5.41) is 3.76. The van der Waals surface area contributed by atoms with Crippen molar-refractivity contribution in [3.63, 3.8) is 0 Å². The fourth-order valence-corrected chi connectivity index (χ4v) is 3.06. The van der Waals surface area contributed by atoms with Crippen molar-refractivity contribution in [2.45, 2.75) is 59.4 Å². The summed E-state index contributed by atoms with van der Waals surface area (Å²) >= 11 is 0. The quantitative estimate of drug-likeness (QED) is 0.767. The van der Waals surface area contributed by atoms with E-state index >= 15 is 0 Å². The first-order valence-electron chi connectivity index (χ1n) is 7.40. The van der Waals surface area contributed by atoms with Crippen LogP contribution in [-0.2, 0) is 0 Å². The average Bonchev–Trinajstić information content (AvgIpc) is 2.27. The van der Waals surface area contributed by atoms with E-state index in [9.17, 15) is 0 Å². The number of hydrogen-bond acceptors (Lipinski definition) is 2. The molecule has 1 fully saturated rings. The summed E-state index contributed by atoms with van der Waals surface area (Å²) in [5.41, 5.74) is 0.545. The molecule has 0 aliphatic heterocycles. The Kier molecular flexibility index (Phi) is 5.94. The van der Waals surface area contributed by atoms with Gasteiger partial charge in [-0.05, 0) is 57.2 Å². The molecule has 1 aliphatic rings. The molecule has 0 aromatic heterocycles. The highest BCUT2D eigenvalue weighted by Gasteiger charge is 2.34. The van der Waals surface area contributed by atoms with E-state index in [1.54, 1.807) is 0 Å². The van der Waals surface area contributed by atoms with E-state index in [-0.39, 0.29) is 0 Å². The molecule has 0 radical (unpaired) electrons. The molecule has 0 bridgehead atoms. The van der Waals surface area contributed by atoms with Crippen molar-refractivity contribution in [2.75, 3.05) is 26.7 Å². The first-order chi connectivity index (χ1) is 7.98. The van der Waals surface area contributed by atoms with Crippen molar-refractivity contribution in [2.24, 2.45) is 11.3 Å². The predicted octanol–water partition coefficient (Wildman–Crippen LogP) is 3.13. The number of nitrogens with zero attached hydrogens (tertiary/aromatic N) is 1. The van der Waals surface area contributed by atoms with E-state index in [0.717, 1.165) is 18.5 Å². The Morgan fingerprint density at radius 1 is 1.29 bits per heavy atom. The van der Waals surface area contributed by atoms with Crippen molar-refractivity contribution >= 4 is 0 Å². The minimum Gasteiger partial charge on any atom is -0.314 e. The first kappa shape index (κ1) is 15.0. The summed E-state index contributed by atoms with van der Waals surface area (Å²) in [6.07, 6.45) is 5.35. The van der Waals surface area contributed by atoms with Gasteiger partial charge in [0.15, 0.2) is 0 Å². The number of hydrogen-bond donors (Lipinski definition) is 1. The van der Waals surface area contributed by atoms with E-state index in [4.69, 9.17) is 0 Å². The molecule has 1 saturated carbocycles. The highest BCUT2D eigenvalue weighted by molar-refractivity contribution is 4.89. The Morgan fingerprint density at radius 3 is 2.59 bits per heavy atom. The molecule has 2 heteroatoms. The first-order valence-corrected chi connectivity index (χ1v) is 7.40. The predicted molar refractivity (Wildman–Crippen MR) is 76.4 cm³/mol. The standard InChI is InChI=1S/C15H32N2/c1-6-10-16-14-8-9-15(3,4)11-13(14)12-17(5)7-2/h13-14,16H,6-12H2,1-5H3. The largest absolute Gasteiger partial charge is 0.314 e. The van der Waals surface area contributed by atoms with Crippen LogP contribution in [0.1, 0.15) is 53.4 Å². The fourth-order valence-electron chi connectivity index (χ4n) is 3.06. The molecule has 0 saturated heterocycles. The minimum atomic E-state index is 0.545. The van der Waals surface area contributed by atoms with E-state index < -0.39 is 0 Å². The second-order valence-electron chi connectivity index (χ2n) is 6.58. The molecule has 0 aromatic rings. The van der Waals surface area contributed by atoms with Crippen LogP contribution in [-0.4, -0.2) is 37.6 Å². The summed E-state index contributed by atoms with van der Waals surface area (Å²) in [5.74, 6) is 0.829. The van der Waals surface area contributed by atoms with Crippen LogP contribution in [0.25, 0.3) is 0 Å². The maximum Gasteiger partial charge on any atom is 0.0108 e. The zero-order valence-electron chi connectivity index (χ0n) is 12.6. The molecular formula is C15H32N2. The third-order valence-corrected chi connectivity index (χ3v) is 4.26. The lowest BCUT2D eigenvalue weighted by atomic mass is 9.69. The maximum absolute atomic E-state index is 3.76. The summed E-state index contributed by atoms with van der Waals surface area (Å²) in [7, 11) is 2.25. The van der Waals surface area contributed by atoms with Gasteiger partial charge in [0.2, 0.25) is 0 Å². The molecule has 0 spiro atoms. The van der Waals surface area contributed by atoms with Crippen molar-refractivity contribution in [1.29, 1.82) is 0 Å². The van der Waals surface area contributed by atoms with Gasteiger partial charge < -0.3 is 10.2 Å². The van der Waals surface area contributed by atoms with Gasteiger partial charge in [-0.1, -0.05) is 27.7 Å². The Morgan fingerprint density at radius 2 is 2.00 bits per heavy atom. The van der Waals surface area contributed by atoms with Crippen LogP contribution in [0.4, 0.5) is 0 Å². The third-order valence-electron chi connectivity index (χ3n) is 4.26. The van der Waals surface area contributed by atoms with Gasteiger partial charge in [-0.3, -0.25) is 0 Å². The molecule has 17 heavy (non-hydrogen) atoms. The number of nitrogens with one attached hydrogen (secondary N) is 1. The van der Waals surface area contributed by atoms with Gasteiger partial charge in [0.1, 0.15) is 0 Å². The molecule has 2 nitrogen and oxygen atoms in total. The fraction of sp³-hybridized carbons (Fsp3) is 1.00. The second kappa shape index (κ2) is 6.75. The van der Waals surface area contributed by atoms with Crippen molar-refractivity contribution in [3.8, 4) is 0 Å². The zero-order chi connectivity index (χ0) is 12.9. The molecule has 0 amide bonds. The molecule has 2 atom stereocenters. The van der Waals surface area contributed by atoms with Crippen molar-refractivity contribution in [1.82, 2.24) is 10.2 Å². The van der Waals surface area contributed by atoms with Gasteiger partial charge in [0, 0.05) is 12.6 Å². The van der Waals surface area contributed by atoms with Crippen LogP contribution in [0, 0.1) is 11.3 Å². The Labute approximate surface area is 108 Å². The molecule has 0 heterocycles. The van der Waals surface area contributed by atoms with Gasteiger partial charge in [-0.15, -0.1) is 0 Å². The zero-order valence-corrected chi connectivity index (χ0v) is 12.6. The molecule has 2 unspecified atom stereocenters. The van der Waals surface area contributed by atoms with Crippen LogP contribution in [0.15, 0.2) is 0 Å². The van der Waals surface area contributed by atoms with Gasteiger partial charge in [-0.25, -0.2) is 0 Å². The minimum absolute atomic E-state index is 0.545. The summed E-state index contributed by atoms with van der Waals surface area (Å²) in [6.45, 7) is 13.0. The molecule has 1 N–H and O–H groups in total. The van der Waals surface area contributed by atoms with Crippen LogP contribution in [0.5, 0.6) is 0 Å². The molecule has 1 rings (SSSR count). The SMILES string of the molecule is CCCNC1CCC(C)(C)CC1CN(C)CC. The van der Waals surface area contributed by atoms with Crippen LogP contribution < -0.4 is 5.32 Å². The maximum atomic E-state index is 3.76. The molecular weight excluding hydrogens is 208 g/mol. The lowest BCUT2D eigenvalue weighted by Crippen LogP contribution is -2.47. The topological polar surface area (TPSA) is 15.3 Å². The Bertz CT molecular complexity index is 213. The Balaban J connectivity index is 2.55. The van der Waals surface area contributed by atoms with Crippen molar-refractivity contribution in [3.05, 3.63) is 0 Å². The third kappa shape index (κ3) is 4.97. The average molecular weight is 240 g/mol. The normalized spacial score (nSPS) is 28.6. The van der Waals surface area contributed by atoms with Gasteiger partial charge in [0.05, 0.1) is 0 Å². The monoisotopic (exact) mass is 240 g/mol. The van der Waals surface area contributed by atoms with Crippen LogP contribution in [0.2, 0.25) is 0 Å². The van der Waals surface area contributed by atoms with E-state index in [0.29, 0.717) is 5.41 Å². The number of rotatable bonds is 6. The second-order valence-corrected chi connectivity index (χ2v) is 6.58. The molecule has 102 valence electrons. The van der Waals surface area contributed by atoms with E-state index in [1.807, 2.05) is 0 Å². The van der Waals surface area contributed by atoms with Crippen LogP contribution >= 0.6 is 0 Å². The lowest BCUT2D eigenvalue weighted by molar-refractivity contribution is 0.110. The summed E-state index contributed by atoms with van der Waals surface area (Å²) in [6, 6.07) is 0.747.